The van der Waals surface area contributed by atoms with Gasteiger partial charge in [-0.05, 0) is 25.2 Å². The number of carbonyl (C=O) groups excluding carboxylic acids is 2. The lowest BCUT2D eigenvalue weighted by molar-refractivity contribution is -0.158. The first-order valence-electron chi connectivity index (χ1n) is 5.53. The molecule has 4 nitrogen and oxygen atoms in total. The van der Waals surface area contributed by atoms with Gasteiger partial charge in [0.25, 0.3) is 6.47 Å². The second-order valence-electron chi connectivity index (χ2n) is 5.10. The highest BCUT2D eigenvalue weighted by molar-refractivity contribution is 5.73. The van der Waals surface area contributed by atoms with Crippen molar-refractivity contribution in [3.8, 4) is 0 Å². The molecule has 0 aromatic carbocycles. The van der Waals surface area contributed by atoms with Gasteiger partial charge in [-0.15, -0.1) is 0 Å². The van der Waals surface area contributed by atoms with Gasteiger partial charge in [0.05, 0.1) is 5.92 Å². The van der Waals surface area contributed by atoms with Gasteiger partial charge in [0.15, 0.2) is 0 Å². The Bertz CT molecular complexity index is 314. The van der Waals surface area contributed by atoms with Gasteiger partial charge in [0, 0.05) is 12.8 Å². The topological polar surface area (TPSA) is 52.6 Å². The van der Waals surface area contributed by atoms with Crippen LogP contribution in [0, 0.1) is 11.8 Å². The Kier molecular flexibility index (Phi) is 1.82. The predicted octanol–water partition coefficient (Wildman–Crippen LogP) is 1.03. The summed E-state index contributed by atoms with van der Waals surface area (Å²) in [4.78, 5) is 22.2. The van der Waals surface area contributed by atoms with Crippen LogP contribution in [0.3, 0.4) is 0 Å². The molecule has 2 saturated carbocycles. The Hall–Kier alpha value is -1.06. The van der Waals surface area contributed by atoms with E-state index in [1.54, 1.807) is 0 Å². The molecule has 0 amide bonds. The number of fused-ring (bicyclic) bond motifs is 1. The van der Waals surface area contributed by atoms with E-state index in [0.717, 1.165) is 19.3 Å². The summed E-state index contributed by atoms with van der Waals surface area (Å²) in [5.41, 5.74) is -0.398. The van der Waals surface area contributed by atoms with Crippen LogP contribution < -0.4 is 0 Å². The Labute approximate surface area is 87.9 Å². The molecule has 4 rings (SSSR count). The van der Waals surface area contributed by atoms with Crippen LogP contribution in [0.2, 0.25) is 0 Å². The molecule has 0 aromatic heterocycles. The van der Waals surface area contributed by atoms with E-state index >= 15 is 0 Å². The van der Waals surface area contributed by atoms with Gasteiger partial charge in [-0.1, -0.05) is 0 Å². The Balaban J connectivity index is 1.94. The van der Waals surface area contributed by atoms with Crippen molar-refractivity contribution in [2.75, 3.05) is 0 Å². The molecule has 2 heterocycles. The molecule has 15 heavy (non-hydrogen) atoms. The normalized spacial score (nSPS) is 47.2. The first-order valence-corrected chi connectivity index (χ1v) is 5.53. The molecular weight excluding hydrogens is 196 g/mol. The fourth-order valence-corrected chi connectivity index (χ4v) is 3.62. The molecular formula is C11H14O4. The molecule has 82 valence electrons. The number of hydrogen-bond acceptors (Lipinski definition) is 4. The van der Waals surface area contributed by atoms with E-state index in [1.807, 2.05) is 0 Å². The smallest absolute Gasteiger partial charge is 0.309 e. The molecule has 4 heteroatoms. The van der Waals surface area contributed by atoms with E-state index in [2.05, 4.69) is 0 Å². The van der Waals surface area contributed by atoms with Crippen LogP contribution in [0.4, 0.5) is 0 Å². The van der Waals surface area contributed by atoms with Crippen LogP contribution in [-0.2, 0) is 19.1 Å². The third kappa shape index (κ3) is 1.34. The third-order valence-corrected chi connectivity index (χ3v) is 4.01. The monoisotopic (exact) mass is 210 g/mol. The molecule has 0 spiro atoms. The summed E-state index contributed by atoms with van der Waals surface area (Å²) in [6.45, 7) is 0.525. The second-order valence-corrected chi connectivity index (χ2v) is 5.10. The zero-order valence-electron chi connectivity index (χ0n) is 8.48. The zero-order valence-corrected chi connectivity index (χ0v) is 8.48. The van der Waals surface area contributed by atoms with Crippen molar-refractivity contribution in [3.05, 3.63) is 0 Å². The van der Waals surface area contributed by atoms with Crippen molar-refractivity contribution >= 4 is 12.4 Å². The minimum Gasteiger partial charge on any atom is -0.462 e. The van der Waals surface area contributed by atoms with Crippen molar-refractivity contribution < 1.29 is 19.1 Å². The summed E-state index contributed by atoms with van der Waals surface area (Å²) < 4.78 is 10.6. The van der Waals surface area contributed by atoms with Crippen LogP contribution in [-0.4, -0.2) is 24.1 Å². The Morgan fingerprint density at radius 1 is 1.33 bits per heavy atom. The SMILES string of the molecule is O=COC12CC3CC(C1)OC(=O)C(C3)C2. The second kappa shape index (κ2) is 2.97. The fraction of sp³-hybridized carbons (Fsp3) is 0.818. The lowest BCUT2D eigenvalue weighted by atomic mass is 9.65. The van der Waals surface area contributed by atoms with Gasteiger partial charge < -0.3 is 9.47 Å². The maximum atomic E-state index is 11.6. The van der Waals surface area contributed by atoms with E-state index < -0.39 is 5.60 Å². The largest absolute Gasteiger partial charge is 0.462 e. The highest BCUT2D eigenvalue weighted by Gasteiger charge is 2.53. The molecule has 2 saturated heterocycles. The maximum absolute atomic E-state index is 11.6. The molecule has 4 unspecified atom stereocenters. The molecule has 2 aliphatic heterocycles. The van der Waals surface area contributed by atoms with Gasteiger partial charge in [0.1, 0.15) is 11.7 Å². The molecule has 4 fully saturated rings. The molecule has 4 bridgehead atoms. The summed E-state index contributed by atoms with van der Waals surface area (Å²) >= 11 is 0. The maximum Gasteiger partial charge on any atom is 0.309 e. The van der Waals surface area contributed by atoms with E-state index in [-0.39, 0.29) is 18.0 Å². The summed E-state index contributed by atoms with van der Waals surface area (Å²) in [6.07, 6.45) is 4.12. The van der Waals surface area contributed by atoms with E-state index in [0.29, 0.717) is 25.2 Å². The van der Waals surface area contributed by atoms with Crippen LogP contribution >= 0.6 is 0 Å². The third-order valence-electron chi connectivity index (χ3n) is 4.01. The van der Waals surface area contributed by atoms with Crippen molar-refractivity contribution in [2.45, 2.75) is 43.8 Å². The summed E-state index contributed by atoms with van der Waals surface area (Å²) in [6, 6.07) is 0. The summed E-state index contributed by atoms with van der Waals surface area (Å²) in [5, 5.41) is 0. The molecule has 2 aliphatic carbocycles. The van der Waals surface area contributed by atoms with Crippen molar-refractivity contribution in [1.29, 1.82) is 0 Å². The fourth-order valence-electron chi connectivity index (χ4n) is 3.62. The number of rotatable bonds is 2. The molecule has 0 N–H and O–H groups in total. The van der Waals surface area contributed by atoms with Crippen molar-refractivity contribution in [3.63, 3.8) is 0 Å². The van der Waals surface area contributed by atoms with Gasteiger partial charge in [-0.25, -0.2) is 0 Å². The minimum absolute atomic E-state index is 0.0244. The molecule has 4 atom stereocenters. The van der Waals surface area contributed by atoms with Crippen LogP contribution in [0.1, 0.15) is 32.1 Å². The average molecular weight is 210 g/mol. The van der Waals surface area contributed by atoms with Gasteiger partial charge in [0.2, 0.25) is 0 Å². The average Bonchev–Trinajstić information content (AvgIpc) is 2.29. The highest BCUT2D eigenvalue weighted by Crippen LogP contribution is 2.50. The first kappa shape index (κ1) is 9.19. The molecule has 0 radical (unpaired) electrons. The Morgan fingerprint density at radius 2 is 2.20 bits per heavy atom. The number of ether oxygens (including phenoxy) is 2. The highest BCUT2D eigenvalue weighted by atomic mass is 16.6. The summed E-state index contributed by atoms with van der Waals surface area (Å²) in [5.74, 6) is 0.365. The lowest BCUT2D eigenvalue weighted by Gasteiger charge is -2.44. The van der Waals surface area contributed by atoms with E-state index in [9.17, 15) is 9.59 Å². The summed E-state index contributed by atoms with van der Waals surface area (Å²) in [7, 11) is 0. The first-order chi connectivity index (χ1) is 7.21. The van der Waals surface area contributed by atoms with Crippen molar-refractivity contribution in [1.82, 2.24) is 0 Å². The van der Waals surface area contributed by atoms with Gasteiger partial charge >= 0.3 is 5.97 Å². The molecule has 0 aromatic rings. The van der Waals surface area contributed by atoms with Gasteiger partial charge in [-0.2, -0.15) is 0 Å². The number of carbonyl (C=O) groups is 2. The quantitative estimate of drug-likeness (QED) is 0.504. The standard InChI is InChI=1S/C11H14O4/c12-6-14-11-3-7-1-8(4-11)10(13)15-9(2-7)5-11/h6-9H,1-5H2. The van der Waals surface area contributed by atoms with Crippen LogP contribution in [0.15, 0.2) is 0 Å². The van der Waals surface area contributed by atoms with Gasteiger partial charge in [-0.3, -0.25) is 9.59 Å². The Morgan fingerprint density at radius 3 is 3.00 bits per heavy atom. The van der Waals surface area contributed by atoms with Crippen LogP contribution in [0.25, 0.3) is 0 Å². The van der Waals surface area contributed by atoms with E-state index in [1.165, 1.54) is 0 Å². The zero-order chi connectivity index (χ0) is 10.5. The predicted molar refractivity (Wildman–Crippen MR) is 49.8 cm³/mol. The number of esters is 1. The van der Waals surface area contributed by atoms with Crippen molar-refractivity contribution in [2.24, 2.45) is 11.8 Å². The van der Waals surface area contributed by atoms with Crippen LogP contribution in [0.5, 0.6) is 0 Å². The molecule has 4 aliphatic rings. The van der Waals surface area contributed by atoms with E-state index in [4.69, 9.17) is 9.47 Å². The lowest BCUT2D eigenvalue weighted by Crippen LogP contribution is -2.46. The minimum atomic E-state index is -0.398. The number of hydrogen-bond donors (Lipinski definition) is 0.